The number of ether oxygens (including phenoxy) is 3. The molecule has 1 aliphatic heterocycles. The number of rotatable bonds is 4. The van der Waals surface area contributed by atoms with Crippen LogP contribution in [0.1, 0.15) is 5.56 Å². The second-order valence-corrected chi connectivity index (χ2v) is 6.79. The van der Waals surface area contributed by atoms with E-state index in [1.165, 1.54) is 13.2 Å². The minimum atomic E-state index is -0.366. The predicted octanol–water partition coefficient (Wildman–Crippen LogP) is 4.20. The number of pyridine rings is 1. The Labute approximate surface area is 163 Å². The van der Waals surface area contributed by atoms with Gasteiger partial charge in [-0.3, -0.25) is 0 Å². The maximum absolute atomic E-state index is 14.6. The molecule has 0 saturated carbocycles. The molecule has 146 valence electrons. The Hall–Kier alpha value is -2.86. The molecule has 4 rings (SSSR count). The molecule has 1 aliphatic rings. The van der Waals surface area contributed by atoms with E-state index >= 15 is 0 Å². The normalized spacial score (nSPS) is 14.4. The Morgan fingerprint density at radius 2 is 1.79 bits per heavy atom. The van der Waals surface area contributed by atoms with Gasteiger partial charge in [-0.25, -0.2) is 9.37 Å². The van der Waals surface area contributed by atoms with Gasteiger partial charge in [0.1, 0.15) is 22.8 Å². The highest BCUT2D eigenvalue weighted by atomic mass is 19.1. The van der Waals surface area contributed by atoms with Crippen LogP contribution >= 0.6 is 0 Å². The number of methoxy groups -OCH3 is 2. The Bertz CT molecular complexity index is 1020. The fraction of sp³-hybridized carbons (Fsp3) is 0.318. The Morgan fingerprint density at radius 3 is 2.50 bits per heavy atom. The van der Waals surface area contributed by atoms with Crippen LogP contribution < -0.4 is 14.4 Å². The summed E-state index contributed by atoms with van der Waals surface area (Å²) in [6, 6.07) is 10.8. The molecule has 5 nitrogen and oxygen atoms in total. The van der Waals surface area contributed by atoms with Crippen molar-refractivity contribution < 1.29 is 18.6 Å². The minimum absolute atomic E-state index is 0.356. The minimum Gasteiger partial charge on any atom is -0.496 e. The number of aryl methyl sites for hydroxylation is 1. The van der Waals surface area contributed by atoms with Crippen molar-refractivity contribution in [2.24, 2.45) is 0 Å². The van der Waals surface area contributed by atoms with Crippen molar-refractivity contribution in [2.75, 3.05) is 45.4 Å². The van der Waals surface area contributed by atoms with Gasteiger partial charge in [0.15, 0.2) is 0 Å². The molecule has 28 heavy (non-hydrogen) atoms. The lowest BCUT2D eigenvalue weighted by Gasteiger charge is -2.29. The van der Waals surface area contributed by atoms with E-state index in [-0.39, 0.29) is 5.82 Å². The summed E-state index contributed by atoms with van der Waals surface area (Å²) >= 11 is 0. The third kappa shape index (κ3) is 3.24. The van der Waals surface area contributed by atoms with Crippen LogP contribution in [0, 0.1) is 12.7 Å². The van der Waals surface area contributed by atoms with E-state index in [2.05, 4.69) is 11.0 Å². The van der Waals surface area contributed by atoms with Crippen LogP contribution in [-0.2, 0) is 4.74 Å². The summed E-state index contributed by atoms with van der Waals surface area (Å²) in [7, 11) is 3.16. The molecule has 0 spiro atoms. The van der Waals surface area contributed by atoms with Gasteiger partial charge in [-0.1, -0.05) is 6.07 Å². The highest BCUT2D eigenvalue weighted by Crippen LogP contribution is 2.37. The Kier molecular flexibility index (Phi) is 5.05. The summed E-state index contributed by atoms with van der Waals surface area (Å²) in [6.45, 7) is 5.11. The van der Waals surface area contributed by atoms with E-state index in [1.807, 2.05) is 19.1 Å². The third-order valence-corrected chi connectivity index (χ3v) is 5.12. The number of anilines is 1. The van der Waals surface area contributed by atoms with Crippen LogP contribution in [0.2, 0.25) is 0 Å². The molecule has 1 fully saturated rings. The van der Waals surface area contributed by atoms with Crippen molar-refractivity contribution in [1.82, 2.24) is 4.98 Å². The van der Waals surface area contributed by atoms with Crippen LogP contribution in [-0.4, -0.2) is 45.5 Å². The Morgan fingerprint density at radius 1 is 1.04 bits per heavy atom. The van der Waals surface area contributed by atoms with Crippen LogP contribution in [0.25, 0.3) is 22.2 Å². The molecule has 6 heteroatoms. The molecule has 2 aromatic carbocycles. The van der Waals surface area contributed by atoms with Gasteiger partial charge in [0, 0.05) is 30.2 Å². The zero-order valence-electron chi connectivity index (χ0n) is 16.3. The molecule has 0 atom stereocenters. The maximum atomic E-state index is 14.6. The fourth-order valence-electron chi connectivity index (χ4n) is 3.66. The van der Waals surface area contributed by atoms with Crippen molar-refractivity contribution in [2.45, 2.75) is 6.92 Å². The van der Waals surface area contributed by atoms with Crippen LogP contribution in [0.5, 0.6) is 11.5 Å². The topological polar surface area (TPSA) is 43.8 Å². The summed E-state index contributed by atoms with van der Waals surface area (Å²) in [6.07, 6.45) is 0. The van der Waals surface area contributed by atoms with Crippen molar-refractivity contribution >= 4 is 16.6 Å². The van der Waals surface area contributed by atoms with Gasteiger partial charge in [-0.2, -0.15) is 0 Å². The summed E-state index contributed by atoms with van der Waals surface area (Å²) in [4.78, 5) is 7.02. The number of aromatic nitrogens is 1. The van der Waals surface area contributed by atoms with Crippen molar-refractivity contribution in [3.63, 3.8) is 0 Å². The van der Waals surface area contributed by atoms with Gasteiger partial charge in [0.05, 0.1) is 38.7 Å². The molecule has 0 aliphatic carbocycles. The maximum Gasteiger partial charge on any atom is 0.147 e. The van der Waals surface area contributed by atoms with E-state index < -0.39 is 0 Å². The van der Waals surface area contributed by atoms with Crippen LogP contribution in [0.15, 0.2) is 36.4 Å². The average molecular weight is 382 g/mol. The molecule has 1 aromatic heterocycles. The second kappa shape index (κ2) is 7.64. The van der Waals surface area contributed by atoms with E-state index in [9.17, 15) is 4.39 Å². The predicted molar refractivity (Wildman–Crippen MR) is 108 cm³/mol. The number of morpholine rings is 1. The van der Waals surface area contributed by atoms with Gasteiger partial charge < -0.3 is 19.1 Å². The van der Waals surface area contributed by atoms with Crippen LogP contribution in [0.3, 0.4) is 0 Å². The molecular weight excluding hydrogens is 359 g/mol. The summed E-state index contributed by atoms with van der Waals surface area (Å²) in [5, 5.41) is 0.986. The molecule has 0 radical (unpaired) electrons. The number of nitrogens with zero attached hydrogens (tertiary/aromatic N) is 2. The fourth-order valence-corrected chi connectivity index (χ4v) is 3.66. The molecule has 3 aromatic rings. The smallest absolute Gasteiger partial charge is 0.147 e. The largest absolute Gasteiger partial charge is 0.496 e. The number of benzene rings is 2. The lowest BCUT2D eigenvalue weighted by atomic mass is 10.0. The second-order valence-electron chi connectivity index (χ2n) is 6.79. The van der Waals surface area contributed by atoms with E-state index in [0.717, 1.165) is 29.7 Å². The molecule has 2 heterocycles. The highest BCUT2D eigenvalue weighted by molar-refractivity contribution is 5.93. The number of halogens is 1. The molecule has 0 N–H and O–H groups in total. The monoisotopic (exact) mass is 382 g/mol. The van der Waals surface area contributed by atoms with Crippen molar-refractivity contribution in [3.05, 3.63) is 47.8 Å². The number of hydrogen-bond acceptors (Lipinski definition) is 5. The first-order valence-electron chi connectivity index (χ1n) is 9.27. The molecule has 0 amide bonds. The third-order valence-electron chi connectivity index (χ3n) is 5.12. The van der Waals surface area contributed by atoms with Crippen molar-refractivity contribution in [1.29, 1.82) is 0 Å². The van der Waals surface area contributed by atoms with E-state index in [4.69, 9.17) is 19.2 Å². The van der Waals surface area contributed by atoms with E-state index in [1.54, 1.807) is 19.2 Å². The highest BCUT2D eigenvalue weighted by Gasteiger charge is 2.19. The summed E-state index contributed by atoms with van der Waals surface area (Å²) in [5.41, 5.74) is 3.67. The van der Waals surface area contributed by atoms with Gasteiger partial charge in [-0.15, -0.1) is 0 Å². The summed E-state index contributed by atoms with van der Waals surface area (Å²) < 4.78 is 31.0. The van der Waals surface area contributed by atoms with Gasteiger partial charge >= 0.3 is 0 Å². The molecule has 0 bridgehead atoms. The first-order chi connectivity index (χ1) is 13.6. The quantitative estimate of drug-likeness (QED) is 0.677. The number of fused-ring (bicyclic) bond motifs is 1. The number of hydrogen-bond donors (Lipinski definition) is 0. The van der Waals surface area contributed by atoms with Gasteiger partial charge in [-0.05, 0) is 36.8 Å². The lowest BCUT2D eigenvalue weighted by molar-refractivity contribution is 0.122. The average Bonchev–Trinajstić information content (AvgIpc) is 2.73. The molecule has 1 saturated heterocycles. The standard InChI is InChI=1S/C22H23FN2O3/c1-14-11-18(21-17(23)5-4-6-19(21)26-2)24-22-16(14)12-15(13-20(22)27-3)25-7-9-28-10-8-25/h4-6,11-13H,7-10H2,1-3H3. The SMILES string of the molecule is COc1cccc(F)c1-c1cc(C)c2cc(N3CCOCC3)cc(OC)c2n1. The van der Waals surface area contributed by atoms with E-state index in [0.29, 0.717) is 41.5 Å². The molecule has 0 unspecified atom stereocenters. The molecular formula is C22H23FN2O3. The zero-order chi connectivity index (χ0) is 19.7. The summed E-state index contributed by atoms with van der Waals surface area (Å²) in [5.74, 6) is 0.754. The van der Waals surface area contributed by atoms with Gasteiger partial charge in [0.25, 0.3) is 0 Å². The first-order valence-corrected chi connectivity index (χ1v) is 9.27. The van der Waals surface area contributed by atoms with Crippen molar-refractivity contribution in [3.8, 4) is 22.8 Å². The van der Waals surface area contributed by atoms with Gasteiger partial charge in [0.2, 0.25) is 0 Å². The van der Waals surface area contributed by atoms with Crippen LogP contribution in [0.4, 0.5) is 10.1 Å². The Balaban J connectivity index is 1.90. The zero-order valence-corrected chi connectivity index (χ0v) is 16.3. The lowest BCUT2D eigenvalue weighted by Crippen LogP contribution is -2.36. The first kappa shape index (κ1) is 18.5.